The molecule has 5 rings (SSSR count). The minimum Gasteiger partial charge on any atom is -0.472 e. The monoisotopic (exact) mass is 350 g/mol. The quantitative estimate of drug-likeness (QED) is 0.915. The van der Waals surface area contributed by atoms with Crippen LogP contribution in [0.4, 0.5) is 0 Å². The number of piperidine rings is 3. The Labute approximate surface area is 142 Å². The van der Waals surface area contributed by atoms with Gasteiger partial charge in [-0.05, 0) is 44.0 Å². The normalized spacial score (nSPS) is 26.2. The molecule has 0 radical (unpaired) electrons. The zero-order valence-corrected chi connectivity index (χ0v) is 14.5. The minimum absolute atomic E-state index is 0.0245. The molecule has 122 valence electrons. The van der Waals surface area contributed by atoms with Gasteiger partial charge in [-0.2, -0.15) is 0 Å². The van der Waals surface area contributed by atoms with Gasteiger partial charge in [-0.1, -0.05) is 16.4 Å². The second-order valence-corrected chi connectivity index (χ2v) is 7.98. The average molecular weight is 350 g/mol. The van der Waals surface area contributed by atoms with Crippen LogP contribution in [0.3, 0.4) is 0 Å². The number of aromatic nitrogens is 2. The molecule has 2 bridgehead atoms. The van der Waals surface area contributed by atoms with E-state index in [2.05, 4.69) is 20.4 Å². The van der Waals surface area contributed by atoms with Gasteiger partial charge in [0.1, 0.15) is 0 Å². The molecule has 1 N–H and O–H groups in total. The zero-order valence-electron chi connectivity index (χ0n) is 12.8. The molecule has 0 aromatic carbocycles. The molecular weight excluding hydrogens is 332 g/mol. The van der Waals surface area contributed by atoms with Crippen molar-refractivity contribution in [2.24, 2.45) is 5.92 Å². The van der Waals surface area contributed by atoms with E-state index in [1.54, 1.807) is 7.11 Å². The third-order valence-electron chi connectivity index (χ3n) is 4.59. The van der Waals surface area contributed by atoms with E-state index in [-0.39, 0.29) is 11.9 Å². The van der Waals surface area contributed by atoms with Gasteiger partial charge in [0.05, 0.1) is 16.9 Å². The molecule has 8 heteroatoms. The first-order chi connectivity index (χ1) is 11.2. The first kappa shape index (κ1) is 15.0. The molecule has 0 spiro atoms. The second-order valence-electron chi connectivity index (χ2n) is 5.96. The highest BCUT2D eigenvalue weighted by Crippen LogP contribution is 2.33. The summed E-state index contributed by atoms with van der Waals surface area (Å²) in [4.78, 5) is 16.6. The summed E-state index contributed by atoms with van der Waals surface area (Å²) in [5.74, 6) is 0.660. The van der Waals surface area contributed by atoms with Crippen molar-refractivity contribution < 1.29 is 9.53 Å². The van der Waals surface area contributed by atoms with Gasteiger partial charge >= 0.3 is 0 Å². The highest BCUT2D eigenvalue weighted by Gasteiger charge is 2.35. The fourth-order valence-electron chi connectivity index (χ4n) is 3.33. The van der Waals surface area contributed by atoms with Gasteiger partial charge in [0.2, 0.25) is 0 Å². The number of rotatable bonds is 4. The van der Waals surface area contributed by atoms with Crippen LogP contribution in [0.2, 0.25) is 0 Å². The third-order valence-corrected chi connectivity index (χ3v) is 6.73. The summed E-state index contributed by atoms with van der Waals surface area (Å²) in [5.41, 5.74) is 0. The number of nitrogens with one attached hydrogen (secondary N) is 1. The topological polar surface area (TPSA) is 67.3 Å². The molecule has 3 saturated heterocycles. The smallest absolute Gasteiger partial charge is 0.294 e. The fraction of sp³-hybridized carbons (Fsp3) is 0.533. The van der Waals surface area contributed by atoms with Crippen molar-refractivity contribution >= 4 is 28.6 Å². The van der Waals surface area contributed by atoms with Gasteiger partial charge < -0.3 is 15.0 Å². The number of ether oxygens (including phenoxy) is 1. The van der Waals surface area contributed by atoms with Gasteiger partial charge in [-0.25, -0.2) is 0 Å². The predicted octanol–water partition coefficient (Wildman–Crippen LogP) is 2.10. The highest BCUT2D eigenvalue weighted by molar-refractivity contribution is 7.23. The van der Waals surface area contributed by atoms with Crippen LogP contribution in [0, 0.1) is 5.92 Å². The van der Waals surface area contributed by atoms with Crippen molar-refractivity contribution in [1.29, 1.82) is 0 Å². The number of carbonyl (C=O) groups is 1. The molecule has 3 aliphatic heterocycles. The van der Waals surface area contributed by atoms with Gasteiger partial charge in [0.15, 0.2) is 5.01 Å². The lowest BCUT2D eigenvalue weighted by Gasteiger charge is -2.44. The number of fused-ring (bicyclic) bond motifs is 3. The lowest BCUT2D eigenvalue weighted by atomic mass is 9.84. The molecule has 6 nitrogen and oxygen atoms in total. The Kier molecular flexibility index (Phi) is 4.04. The average Bonchev–Trinajstić information content (AvgIpc) is 3.25. The Balaban J connectivity index is 1.45. The number of thiophene rings is 1. The standard InChI is InChI=1S/C15H18N4O2S2/c1-21-15-18-17-14(23-15)12-3-2-11(22-12)13(20)16-10-8-19-6-4-9(10)5-7-19/h2-3,9-10H,4-8H2,1H3,(H,16,20). The number of nitrogens with zero attached hydrogens (tertiary/aromatic N) is 3. The van der Waals surface area contributed by atoms with Crippen LogP contribution in [-0.2, 0) is 0 Å². The van der Waals surface area contributed by atoms with Crippen LogP contribution < -0.4 is 10.1 Å². The van der Waals surface area contributed by atoms with E-state index >= 15 is 0 Å². The van der Waals surface area contributed by atoms with Gasteiger partial charge in [-0.15, -0.1) is 16.4 Å². The maximum absolute atomic E-state index is 12.5. The molecule has 0 saturated carbocycles. The highest BCUT2D eigenvalue weighted by atomic mass is 32.1. The summed E-state index contributed by atoms with van der Waals surface area (Å²) in [6.45, 7) is 3.35. The van der Waals surface area contributed by atoms with Gasteiger partial charge in [0.25, 0.3) is 11.1 Å². The number of hydrogen-bond donors (Lipinski definition) is 1. The molecule has 1 atom stereocenters. The fourth-order valence-corrected chi connectivity index (χ4v) is 4.95. The predicted molar refractivity (Wildman–Crippen MR) is 90.2 cm³/mol. The first-order valence-corrected chi connectivity index (χ1v) is 9.37. The molecule has 3 aliphatic rings. The summed E-state index contributed by atoms with van der Waals surface area (Å²) in [6, 6.07) is 4.08. The van der Waals surface area contributed by atoms with Gasteiger partial charge in [-0.3, -0.25) is 4.79 Å². The van der Waals surface area contributed by atoms with Gasteiger partial charge in [0, 0.05) is 12.6 Å². The SMILES string of the molecule is COc1nnc(-c2ccc(C(=O)NC3CN4CCC3CC4)s2)s1. The molecule has 1 unspecified atom stereocenters. The Morgan fingerprint density at radius 3 is 2.78 bits per heavy atom. The number of amides is 1. The molecule has 2 aromatic heterocycles. The van der Waals surface area contributed by atoms with Crippen molar-refractivity contribution in [1.82, 2.24) is 20.4 Å². The number of carbonyl (C=O) groups excluding carboxylic acids is 1. The van der Waals surface area contributed by atoms with E-state index in [9.17, 15) is 4.79 Å². The Bertz CT molecular complexity index is 706. The summed E-state index contributed by atoms with van der Waals surface area (Å²) in [7, 11) is 1.57. The Morgan fingerprint density at radius 2 is 2.13 bits per heavy atom. The van der Waals surface area contributed by atoms with Crippen LogP contribution >= 0.6 is 22.7 Å². The van der Waals surface area contributed by atoms with Crippen LogP contribution in [0.15, 0.2) is 12.1 Å². The maximum Gasteiger partial charge on any atom is 0.294 e. The van der Waals surface area contributed by atoms with Crippen molar-refractivity contribution in [2.45, 2.75) is 18.9 Å². The summed E-state index contributed by atoms with van der Waals surface area (Å²) < 4.78 is 5.06. The van der Waals surface area contributed by atoms with Crippen LogP contribution in [0.1, 0.15) is 22.5 Å². The van der Waals surface area contributed by atoms with E-state index in [0.29, 0.717) is 11.1 Å². The van der Waals surface area contributed by atoms with Crippen LogP contribution in [0.5, 0.6) is 5.19 Å². The summed E-state index contributed by atoms with van der Waals surface area (Å²) >= 11 is 2.84. The third kappa shape index (κ3) is 2.98. The van der Waals surface area contributed by atoms with Crippen molar-refractivity contribution in [3.63, 3.8) is 0 Å². The lowest BCUT2D eigenvalue weighted by molar-refractivity contribution is 0.0622. The lowest BCUT2D eigenvalue weighted by Crippen LogP contribution is -2.57. The molecule has 5 heterocycles. The van der Waals surface area contributed by atoms with E-state index in [1.165, 1.54) is 48.6 Å². The van der Waals surface area contributed by atoms with E-state index in [4.69, 9.17) is 4.74 Å². The summed E-state index contributed by atoms with van der Waals surface area (Å²) in [6.07, 6.45) is 2.40. The Morgan fingerprint density at radius 1 is 1.30 bits per heavy atom. The molecule has 2 aromatic rings. The number of hydrogen-bond acceptors (Lipinski definition) is 7. The molecule has 3 fully saturated rings. The van der Waals surface area contributed by atoms with E-state index in [0.717, 1.165) is 21.3 Å². The molecule has 1 amide bonds. The molecule has 23 heavy (non-hydrogen) atoms. The first-order valence-electron chi connectivity index (χ1n) is 7.74. The van der Waals surface area contributed by atoms with Crippen molar-refractivity contribution in [3.8, 4) is 15.1 Å². The largest absolute Gasteiger partial charge is 0.472 e. The van der Waals surface area contributed by atoms with E-state index in [1.807, 2.05) is 12.1 Å². The maximum atomic E-state index is 12.5. The van der Waals surface area contributed by atoms with E-state index < -0.39 is 0 Å². The Hall–Kier alpha value is -1.51. The van der Waals surface area contributed by atoms with Crippen LogP contribution in [-0.4, -0.2) is 53.8 Å². The summed E-state index contributed by atoms with van der Waals surface area (Å²) in [5, 5.41) is 12.6. The zero-order chi connectivity index (χ0) is 15.8. The van der Waals surface area contributed by atoms with Crippen LogP contribution in [0.25, 0.3) is 9.88 Å². The van der Waals surface area contributed by atoms with Crippen molar-refractivity contribution in [3.05, 3.63) is 17.0 Å². The van der Waals surface area contributed by atoms with Crippen molar-refractivity contribution in [2.75, 3.05) is 26.7 Å². The number of methoxy groups -OCH3 is 1. The minimum atomic E-state index is 0.0245. The molecule has 0 aliphatic carbocycles. The molecular formula is C15H18N4O2S2. The second kappa shape index (κ2) is 6.18.